The molecule has 0 aliphatic carbocycles. The van der Waals surface area contributed by atoms with Crippen LogP contribution < -0.4 is 10.2 Å². The largest absolute Gasteiger partial charge is 0.481 e. The van der Waals surface area contributed by atoms with E-state index in [-0.39, 0.29) is 18.4 Å². The van der Waals surface area contributed by atoms with Crippen molar-refractivity contribution in [1.29, 1.82) is 0 Å². The van der Waals surface area contributed by atoms with Gasteiger partial charge in [0.2, 0.25) is 5.91 Å². The van der Waals surface area contributed by atoms with Crippen molar-refractivity contribution in [2.24, 2.45) is 0 Å². The van der Waals surface area contributed by atoms with Crippen molar-refractivity contribution in [2.45, 2.75) is 28.5 Å². The number of anilines is 1. The number of hydrogen-bond donors (Lipinski definition) is 2. The Balaban J connectivity index is 1.56. The lowest BCUT2D eigenvalue weighted by Gasteiger charge is -2.30. The number of thioether (sulfide) groups is 1. The van der Waals surface area contributed by atoms with Gasteiger partial charge in [-0.2, -0.15) is 0 Å². The summed E-state index contributed by atoms with van der Waals surface area (Å²) in [6.45, 7) is -0.0289. The zero-order chi connectivity index (χ0) is 19.0. The van der Waals surface area contributed by atoms with Crippen molar-refractivity contribution >= 4 is 35.2 Å². The van der Waals surface area contributed by atoms with E-state index in [2.05, 4.69) is 5.32 Å². The maximum absolute atomic E-state index is 13.1. The van der Waals surface area contributed by atoms with Crippen LogP contribution in [-0.4, -0.2) is 34.3 Å². The lowest BCUT2D eigenvalue weighted by Crippen LogP contribution is -2.53. The number of rotatable bonds is 5. The van der Waals surface area contributed by atoms with Crippen LogP contribution in [0.1, 0.15) is 24.3 Å². The first-order valence-electron chi connectivity index (χ1n) is 8.70. The molecule has 0 aromatic heterocycles. The Hall–Kier alpha value is -2.80. The first-order valence-corrected chi connectivity index (χ1v) is 9.52. The third-order valence-corrected chi connectivity index (χ3v) is 6.47. The van der Waals surface area contributed by atoms with Gasteiger partial charge in [0.25, 0.3) is 5.91 Å². The quantitative estimate of drug-likeness (QED) is 0.830. The van der Waals surface area contributed by atoms with Crippen LogP contribution in [0.15, 0.2) is 59.5 Å². The van der Waals surface area contributed by atoms with Gasteiger partial charge in [0.1, 0.15) is 0 Å². The average Bonchev–Trinajstić information content (AvgIpc) is 3.18. The number of carboxylic acid groups (broad SMARTS) is 1. The van der Waals surface area contributed by atoms with Gasteiger partial charge < -0.3 is 10.4 Å². The minimum absolute atomic E-state index is 0.0289. The zero-order valence-corrected chi connectivity index (χ0v) is 15.2. The van der Waals surface area contributed by atoms with Crippen LogP contribution in [0.2, 0.25) is 0 Å². The molecule has 4 rings (SSSR count). The van der Waals surface area contributed by atoms with Gasteiger partial charge in [-0.05, 0) is 24.1 Å². The van der Waals surface area contributed by atoms with Gasteiger partial charge in [-0.1, -0.05) is 54.2 Å². The molecule has 27 heavy (non-hydrogen) atoms. The zero-order valence-electron chi connectivity index (χ0n) is 14.4. The second kappa shape index (κ2) is 6.74. The van der Waals surface area contributed by atoms with E-state index in [9.17, 15) is 19.5 Å². The van der Waals surface area contributed by atoms with Crippen molar-refractivity contribution in [3.8, 4) is 0 Å². The maximum atomic E-state index is 13.1. The summed E-state index contributed by atoms with van der Waals surface area (Å²) in [5, 5.41) is 12.3. The van der Waals surface area contributed by atoms with Crippen LogP contribution >= 0.6 is 11.8 Å². The number of para-hydroxylation sites is 1. The number of amides is 2. The van der Waals surface area contributed by atoms with Gasteiger partial charge >= 0.3 is 5.97 Å². The molecule has 2 atom stereocenters. The highest BCUT2D eigenvalue weighted by Gasteiger charge is 2.57. The molecule has 2 aliphatic heterocycles. The fourth-order valence-electron chi connectivity index (χ4n) is 3.66. The highest BCUT2D eigenvalue weighted by atomic mass is 32.2. The molecule has 1 fully saturated rings. The molecule has 0 saturated carbocycles. The Kier molecular flexibility index (Phi) is 4.39. The van der Waals surface area contributed by atoms with Gasteiger partial charge in [0.15, 0.2) is 4.87 Å². The smallest absolute Gasteiger partial charge is 0.312 e. The summed E-state index contributed by atoms with van der Waals surface area (Å²) in [5.74, 6) is -2.25. The van der Waals surface area contributed by atoms with Crippen LogP contribution in [0.3, 0.4) is 0 Å². The SMILES string of the molecule is O=C(O)C(CNC(=O)C12CCC(=O)N1c1ccccc1S2)c1ccccc1. The Morgan fingerprint density at radius 2 is 1.85 bits per heavy atom. The average molecular weight is 382 g/mol. The number of nitrogens with zero attached hydrogens (tertiary/aromatic N) is 1. The predicted molar refractivity (Wildman–Crippen MR) is 102 cm³/mol. The van der Waals surface area contributed by atoms with E-state index in [1.54, 1.807) is 29.2 Å². The first kappa shape index (κ1) is 17.6. The number of aliphatic carboxylic acids is 1. The summed E-state index contributed by atoms with van der Waals surface area (Å²) >= 11 is 1.37. The Morgan fingerprint density at radius 1 is 1.15 bits per heavy atom. The van der Waals surface area contributed by atoms with E-state index in [0.29, 0.717) is 18.4 Å². The molecule has 0 radical (unpaired) electrons. The number of nitrogens with one attached hydrogen (secondary N) is 1. The summed E-state index contributed by atoms with van der Waals surface area (Å²) in [5.41, 5.74) is 1.38. The molecular formula is C20H18N2O4S. The Bertz CT molecular complexity index is 917. The number of carboxylic acids is 1. The van der Waals surface area contributed by atoms with Gasteiger partial charge in [-0.15, -0.1) is 0 Å². The molecule has 2 aromatic carbocycles. The molecule has 7 heteroatoms. The molecule has 2 amide bonds. The minimum atomic E-state index is -1.03. The molecule has 2 aliphatic rings. The van der Waals surface area contributed by atoms with Gasteiger partial charge in [-0.25, -0.2) is 0 Å². The van der Waals surface area contributed by atoms with E-state index >= 15 is 0 Å². The summed E-state index contributed by atoms with van der Waals surface area (Å²) in [7, 11) is 0. The number of carbonyl (C=O) groups is 3. The molecule has 0 bridgehead atoms. The monoisotopic (exact) mass is 382 g/mol. The normalized spacial score (nSPS) is 21.5. The highest BCUT2D eigenvalue weighted by molar-refractivity contribution is 8.02. The number of benzene rings is 2. The van der Waals surface area contributed by atoms with E-state index in [0.717, 1.165) is 10.6 Å². The van der Waals surface area contributed by atoms with Gasteiger partial charge in [0.05, 0.1) is 11.6 Å². The van der Waals surface area contributed by atoms with Crippen molar-refractivity contribution in [3.63, 3.8) is 0 Å². The molecule has 138 valence electrons. The van der Waals surface area contributed by atoms with Gasteiger partial charge in [-0.3, -0.25) is 19.3 Å². The van der Waals surface area contributed by atoms with Crippen molar-refractivity contribution in [1.82, 2.24) is 5.32 Å². The molecule has 6 nitrogen and oxygen atoms in total. The molecule has 2 heterocycles. The molecule has 1 saturated heterocycles. The summed E-state index contributed by atoms with van der Waals surface area (Å²) in [4.78, 5) is 38.6. The number of hydrogen-bond acceptors (Lipinski definition) is 4. The Morgan fingerprint density at radius 3 is 2.59 bits per heavy atom. The Labute approximate surface area is 160 Å². The van der Waals surface area contributed by atoms with Crippen molar-refractivity contribution < 1.29 is 19.5 Å². The third-order valence-electron chi connectivity index (χ3n) is 4.99. The van der Waals surface area contributed by atoms with Gasteiger partial charge in [0, 0.05) is 17.9 Å². The molecular weight excluding hydrogens is 364 g/mol. The van der Waals surface area contributed by atoms with Crippen molar-refractivity contribution in [2.75, 3.05) is 11.4 Å². The minimum Gasteiger partial charge on any atom is -0.481 e. The second-order valence-corrected chi connectivity index (χ2v) is 7.91. The van der Waals surface area contributed by atoms with E-state index in [1.807, 2.05) is 30.3 Å². The summed E-state index contributed by atoms with van der Waals surface area (Å²) < 4.78 is 0. The highest BCUT2D eigenvalue weighted by Crippen LogP contribution is 2.55. The summed E-state index contributed by atoms with van der Waals surface area (Å²) in [6, 6.07) is 16.3. The van der Waals surface area contributed by atoms with E-state index in [1.165, 1.54) is 11.8 Å². The molecule has 2 aromatic rings. The molecule has 2 N–H and O–H groups in total. The molecule has 2 unspecified atom stereocenters. The van der Waals surface area contributed by atoms with Crippen LogP contribution in [0.4, 0.5) is 5.69 Å². The topological polar surface area (TPSA) is 86.7 Å². The summed E-state index contributed by atoms with van der Waals surface area (Å²) in [6.07, 6.45) is 0.704. The van der Waals surface area contributed by atoms with Crippen LogP contribution in [0, 0.1) is 0 Å². The van der Waals surface area contributed by atoms with Crippen LogP contribution in [-0.2, 0) is 14.4 Å². The fourth-order valence-corrected chi connectivity index (χ4v) is 5.10. The van der Waals surface area contributed by atoms with Crippen LogP contribution in [0.25, 0.3) is 0 Å². The number of fused-ring (bicyclic) bond motifs is 3. The van der Waals surface area contributed by atoms with Crippen LogP contribution in [0.5, 0.6) is 0 Å². The van der Waals surface area contributed by atoms with E-state index < -0.39 is 16.8 Å². The second-order valence-electron chi connectivity index (χ2n) is 6.59. The maximum Gasteiger partial charge on any atom is 0.312 e. The molecule has 0 spiro atoms. The van der Waals surface area contributed by atoms with E-state index in [4.69, 9.17) is 0 Å². The predicted octanol–water partition coefficient (Wildman–Crippen LogP) is 2.60. The fraction of sp³-hybridized carbons (Fsp3) is 0.250. The first-order chi connectivity index (χ1) is 13.0. The number of carbonyl (C=O) groups excluding carboxylic acids is 2. The lowest BCUT2D eigenvalue weighted by molar-refractivity contribution is -0.138. The lowest BCUT2D eigenvalue weighted by atomic mass is 9.99. The van der Waals surface area contributed by atoms with Crippen molar-refractivity contribution in [3.05, 3.63) is 60.2 Å². The third kappa shape index (κ3) is 2.88. The standard InChI is InChI=1S/C20H18N2O4S/c23-17-10-11-20(22(17)15-8-4-5-9-16(15)27-20)19(26)21-12-14(18(24)25)13-6-2-1-3-7-13/h1-9,14H,10-12H2,(H,21,26)(H,24,25).